The first kappa shape index (κ1) is 23.8. The smallest absolute Gasteiger partial charge is 0.183 e. The van der Waals surface area contributed by atoms with Crippen molar-refractivity contribution in [1.82, 2.24) is 10.2 Å². The molecule has 9 heteroatoms. The van der Waals surface area contributed by atoms with E-state index in [0.717, 1.165) is 17.2 Å². The van der Waals surface area contributed by atoms with Gasteiger partial charge >= 0.3 is 0 Å². The van der Waals surface area contributed by atoms with Crippen molar-refractivity contribution in [3.63, 3.8) is 0 Å². The van der Waals surface area contributed by atoms with E-state index in [1.54, 1.807) is 0 Å². The number of aryl methyl sites for hydroxylation is 2. The normalized spacial score (nSPS) is 22.0. The average Bonchev–Trinajstić information content (AvgIpc) is 3.00. The van der Waals surface area contributed by atoms with E-state index in [1.165, 1.54) is 19.1 Å². The summed E-state index contributed by atoms with van der Waals surface area (Å²) < 4.78 is 64.8. The first-order valence-electron chi connectivity index (χ1n) is 10.1. The number of hydrogen-bond donors (Lipinski definition) is 1. The number of nitrogens with one attached hydrogen (secondary N) is 1. The zero-order chi connectivity index (χ0) is 23.0. The SMILES string of the molecule is Cc1ccc(C(CN[C@H]2CS(=O)(=O)C[C@@H]2S(=O)(=O)c2ccc(F)c(C)c2)N(C)C)cc1. The van der Waals surface area contributed by atoms with Crippen LogP contribution in [0.4, 0.5) is 4.39 Å². The molecule has 0 spiro atoms. The van der Waals surface area contributed by atoms with E-state index in [4.69, 9.17) is 0 Å². The molecule has 1 saturated heterocycles. The van der Waals surface area contributed by atoms with Gasteiger partial charge in [-0.1, -0.05) is 29.8 Å². The molecular weight excluding hydrogens is 439 g/mol. The van der Waals surface area contributed by atoms with E-state index in [0.29, 0.717) is 6.54 Å². The molecule has 1 unspecified atom stereocenters. The molecule has 170 valence electrons. The number of benzene rings is 2. The summed E-state index contributed by atoms with van der Waals surface area (Å²) in [6, 6.07) is 10.8. The van der Waals surface area contributed by atoms with Crippen LogP contribution in [0.3, 0.4) is 0 Å². The Labute approximate surface area is 184 Å². The molecule has 1 fully saturated rings. The summed E-state index contributed by atoms with van der Waals surface area (Å²) in [5.74, 6) is -1.19. The second kappa shape index (κ2) is 8.97. The molecule has 1 aliphatic rings. The van der Waals surface area contributed by atoms with Crippen LogP contribution in [-0.4, -0.2) is 65.2 Å². The Morgan fingerprint density at radius 3 is 2.32 bits per heavy atom. The fourth-order valence-corrected chi connectivity index (χ4v) is 8.73. The van der Waals surface area contributed by atoms with Gasteiger partial charge in [0.2, 0.25) is 0 Å². The van der Waals surface area contributed by atoms with Gasteiger partial charge in [-0.15, -0.1) is 0 Å². The van der Waals surface area contributed by atoms with Gasteiger partial charge in [0.1, 0.15) is 5.82 Å². The molecule has 31 heavy (non-hydrogen) atoms. The summed E-state index contributed by atoms with van der Waals surface area (Å²) in [6.07, 6.45) is 0. The molecule has 2 aromatic rings. The third-order valence-electron chi connectivity index (χ3n) is 5.82. The highest BCUT2D eigenvalue weighted by Crippen LogP contribution is 2.28. The molecule has 2 aromatic carbocycles. The van der Waals surface area contributed by atoms with Crippen LogP contribution in [-0.2, 0) is 19.7 Å². The summed E-state index contributed by atoms with van der Waals surface area (Å²) in [5.41, 5.74) is 2.40. The van der Waals surface area contributed by atoms with Crippen molar-refractivity contribution in [1.29, 1.82) is 0 Å². The second-order valence-electron chi connectivity index (χ2n) is 8.48. The topological polar surface area (TPSA) is 83.5 Å². The molecule has 0 bridgehead atoms. The monoisotopic (exact) mass is 468 g/mol. The molecule has 6 nitrogen and oxygen atoms in total. The van der Waals surface area contributed by atoms with Gasteiger partial charge in [-0.25, -0.2) is 21.2 Å². The molecule has 0 aliphatic carbocycles. The van der Waals surface area contributed by atoms with E-state index in [1.807, 2.05) is 50.2 Å². The molecule has 0 aromatic heterocycles. The predicted octanol–water partition coefficient (Wildman–Crippen LogP) is 2.27. The van der Waals surface area contributed by atoms with Gasteiger partial charge < -0.3 is 10.2 Å². The highest BCUT2D eigenvalue weighted by atomic mass is 32.2. The van der Waals surface area contributed by atoms with Crippen LogP contribution in [0.1, 0.15) is 22.7 Å². The van der Waals surface area contributed by atoms with Crippen molar-refractivity contribution in [3.05, 3.63) is 65.0 Å². The summed E-state index contributed by atoms with van der Waals surface area (Å²) in [5, 5.41) is 2.09. The minimum atomic E-state index is -3.96. The highest BCUT2D eigenvalue weighted by Gasteiger charge is 2.46. The molecule has 0 amide bonds. The Kier molecular flexibility index (Phi) is 6.90. The van der Waals surface area contributed by atoms with E-state index in [-0.39, 0.29) is 22.3 Å². The largest absolute Gasteiger partial charge is 0.310 e. The maximum Gasteiger partial charge on any atom is 0.183 e. The Balaban J connectivity index is 1.86. The minimum absolute atomic E-state index is 0.0528. The fraction of sp³-hybridized carbons (Fsp3) is 0.455. The third-order valence-corrected chi connectivity index (χ3v) is 9.96. The first-order valence-corrected chi connectivity index (χ1v) is 13.4. The Hall–Kier alpha value is -1.81. The number of likely N-dealkylation sites (N-methyl/N-ethyl adjacent to an activating group) is 1. The molecular formula is C22H29FN2O4S2. The first-order chi connectivity index (χ1) is 14.4. The Bertz CT molecular complexity index is 1150. The van der Waals surface area contributed by atoms with Gasteiger partial charge in [0.05, 0.1) is 21.7 Å². The Morgan fingerprint density at radius 2 is 1.74 bits per heavy atom. The fourth-order valence-electron chi connectivity index (χ4n) is 3.93. The van der Waals surface area contributed by atoms with Gasteiger partial charge in [0, 0.05) is 18.6 Å². The quantitative estimate of drug-likeness (QED) is 0.628. The van der Waals surface area contributed by atoms with Crippen LogP contribution < -0.4 is 5.32 Å². The maximum atomic E-state index is 13.6. The molecule has 1 heterocycles. The number of nitrogens with zero attached hydrogens (tertiary/aromatic N) is 1. The van der Waals surface area contributed by atoms with Crippen LogP contribution >= 0.6 is 0 Å². The zero-order valence-electron chi connectivity index (χ0n) is 18.2. The number of halogens is 1. The summed E-state index contributed by atoms with van der Waals surface area (Å²) >= 11 is 0. The van der Waals surface area contributed by atoms with Crippen LogP contribution in [0.5, 0.6) is 0 Å². The average molecular weight is 469 g/mol. The second-order valence-corrected chi connectivity index (χ2v) is 12.8. The van der Waals surface area contributed by atoms with Gasteiger partial charge in [0.25, 0.3) is 0 Å². The van der Waals surface area contributed by atoms with Crippen LogP contribution in [0.2, 0.25) is 0 Å². The number of sulfone groups is 2. The minimum Gasteiger partial charge on any atom is -0.310 e. The molecule has 1 N–H and O–H groups in total. The Morgan fingerprint density at radius 1 is 1.10 bits per heavy atom. The lowest BCUT2D eigenvalue weighted by molar-refractivity contribution is 0.282. The van der Waals surface area contributed by atoms with Crippen LogP contribution in [0.15, 0.2) is 47.4 Å². The zero-order valence-corrected chi connectivity index (χ0v) is 19.8. The van der Waals surface area contributed by atoms with E-state index in [9.17, 15) is 21.2 Å². The van der Waals surface area contributed by atoms with E-state index in [2.05, 4.69) is 5.32 Å². The van der Waals surface area contributed by atoms with Gasteiger partial charge in [0.15, 0.2) is 19.7 Å². The summed E-state index contributed by atoms with van der Waals surface area (Å²) in [4.78, 5) is 1.96. The van der Waals surface area contributed by atoms with Gasteiger partial charge in [-0.3, -0.25) is 0 Å². The van der Waals surface area contributed by atoms with Crippen LogP contribution in [0.25, 0.3) is 0 Å². The van der Waals surface area contributed by atoms with Crippen molar-refractivity contribution >= 4 is 19.7 Å². The van der Waals surface area contributed by atoms with Gasteiger partial charge in [-0.05, 0) is 57.3 Å². The molecule has 0 saturated carbocycles. The highest BCUT2D eigenvalue weighted by molar-refractivity contribution is 7.96. The number of rotatable bonds is 7. The van der Waals surface area contributed by atoms with Crippen molar-refractivity contribution in [2.45, 2.75) is 36.1 Å². The predicted molar refractivity (Wildman–Crippen MR) is 120 cm³/mol. The summed E-state index contributed by atoms with van der Waals surface area (Å²) in [7, 11) is -3.63. The molecule has 0 radical (unpaired) electrons. The van der Waals surface area contributed by atoms with E-state index < -0.39 is 42.5 Å². The maximum absolute atomic E-state index is 13.6. The van der Waals surface area contributed by atoms with Gasteiger partial charge in [-0.2, -0.15) is 0 Å². The van der Waals surface area contributed by atoms with Crippen molar-refractivity contribution in [3.8, 4) is 0 Å². The van der Waals surface area contributed by atoms with Crippen LogP contribution in [0, 0.1) is 19.7 Å². The molecule has 3 atom stereocenters. The lowest BCUT2D eigenvalue weighted by Gasteiger charge is -2.28. The third kappa shape index (κ3) is 5.34. The van der Waals surface area contributed by atoms with Crippen molar-refractivity contribution < 1.29 is 21.2 Å². The summed E-state index contributed by atoms with van der Waals surface area (Å²) in [6.45, 7) is 3.88. The standard InChI is InChI=1S/C22H29FN2O4S2/c1-15-5-7-17(8-6-15)21(25(3)4)12-24-20-13-30(26,27)14-22(20)31(28,29)18-9-10-19(23)16(2)11-18/h5-11,20-22,24H,12-14H2,1-4H3/t20-,21?,22-/m0/s1. The lowest BCUT2D eigenvalue weighted by atomic mass is 10.0. The molecule has 1 aliphatic heterocycles. The van der Waals surface area contributed by atoms with Crippen molar-refractivity contribution in [2.24, 2.45) is 0 Å². The number of hydrogen-bond acceptors (Lipinski definition) is 6. The van der Waals surface area contributed by atoms with Crippen molar-refractivity contribution in [2.75, 3.05) is 32.1 Å². The molecule has 3 rings (SSSR count). The lowest BCUT2D eigenvalue weighted by Crippen LogP contribution is -2.46. The van der Waals surface area contributed by atoms with E-state index >= 15 is 0 Å².